The summed E-state index contributed by atoms with van der Waals surface area (Å²) in [4.78, 5) is 14.7. The van der Waals surface area contributed by atoms with Crippen molar-refractivity contribution in [2.75, 3.05) is 13.2 Å². The Morgan fingerprint density at radius 3 is 2.26 bits per heavy atom. The summed E-state index contributed by atoms with van der Waals surface area (Å²) in [5.74, 6) is 0. The van der Waals surface area contributed by atoms with E-state index in [1.54, 1.807) is 0 Å². The SMILES string of the molecule is C[Si](C)(C)CCOC(=O)N(Cc1ccccc1)[C@H]1CO[C@H]1c1ccccc1. The number of carbonyl (C=O) groups is 1. The minimum atomic E-state index is -1.24. The van der Waals surface area contributed by atoms with E-state index < -0.39 is 8.07 Å². The van der Waals surface area contributed by atoms with Crippen LogP contribution in [0.1, 0.15) is 17.2 Å². The fourth-order valence-corrected chi connectivity index (χ4v) is 3.83. The fraction of sp³-hybridized carbons (Fsp3) is 0.409. The van der Waals surface area contributed by atoms with Crippen LogP contribution in [0.2, 0.25) is 25.7 Å². The maximum Gasteiger partial charge on any atom is 0.410 e. The van der Waals surface area contributed by atoms with Gasteiger partial charge in [-0.3, -0.25) is 4.90 Å². The molecule has 0 N–H and O–H groups in total. The molecule has 1 heterocycles. The normalized spacial score (nSPS) is 19.2. The second-order valence-electron chi connectivity index (χ2n) is 8.27. The molecule has 1 saturated heterocycles. The van der Waals surface area contributed by atoms with E-state index in [4.69, 9.17) is 9.47 Å². The highest BCUT2D eigenvalue weighted by atomic mass is 28.3. The number of ether oxygens (including phenoxy) is 2. The van der Waals surface area contributed by atoms with Gasteiger partial charge in [-0.05, 0) is 17.2 Å². The maximum atomic E-state index is 12.9. The highest BCUT2D eigenvalue weighted by Crippen LogP contribution is 2.34. The van der Waals surface area contributed by atoms with Gasteiger partial charge in [0.05, 0.1) is 19.3 Å². The highest BCUT2D eigenvalue weighted by Gasteiger charge is 2.41. The van der Waals surface area contributed by atoms with E-state index >= 15 is 0 Å². The van der Waals surface area contributed by atoms with Crippen molar-refractivity contribution in [3.8, 4) is 0 Å². The van der Waals surface area contributed by atoms with Crippen LogP contribution in [0.3, 0.4) is 0 Å². The predicted molar refractivity (Wildman–Crippen MR) is 110 cm³/mol. The molecule has 3 rings (SSSR count). The lowest BCUT2D eigenvalue weighted by Crippen LogP contribution is -2.53. The summed E-state index contributed by atoms with van der Waals surface area (Å²) in [5.41, 5.74) is 2.19. The van der Waals surface area contributed by atoms with Crippen molar-refractivity contribution in [1.82, 2.24) is 4.90 Å². The summed E-state index contributed by atoms with van der Waals surface area (Å²) in [6.07, 6.45) is -0.342. The van der Waals surface area contributed by atoms with E-state index in [1.807, 2.05) is 65.6 Å². The van der Waals surface area contributed by atoms with Crippen molar-refractivity contribution in [3.63, 3.8) is 0 Å². The number of nitrogens with zero attached hydrogens (tertiary/aromatic N) is 1. The summed E-state index contributed by atoms with van der Waals surface area (Å²) in [5, 5.41) is 0. The van der Waals surface area contributed by atoms with Gasteiger partial charge in [-0.15, -0.1) is 0 Å². The molecule has 1 fully saturated rings. The molecule has 4 nitrogen and oxygen atoms in total. The Hall–Kier alpha value is -2.11. The smallest absolute Gasteiger partial charge is 0.410 e. The van der Waals surface area contributed by atoms with Gasteiger partial charge in [0, 0.05) is 14.6 Å². The van der Waals surface area contributed by atoms with Crippen LogP contribution in [-0.2, 0) is 16.0 Å². The van der Waals surface area contributed by atoms with Gasteiger partial charge in [-0.1, -0.05) is 80.3 Å². The van der Waals surface area contributed by atoms with Gasteiger partial charge in [0.25, 0.3) is 0 Å². The summed E-state index contributed by atoms with van der Waals surface area (Å²) in [6, 6.07) is 21.1. The number of benzene rings is 2. The zero-order chi connectivity index (χ0) is 19.3. The lowest BCUT2D eigenvalue weighted by atomic mass is 9.96. The standard InChI is InChI=1S/C22H29NO3Si/c1-27(2,3)15-14-25-22(24)23(16-18-10-6-4-7-11-18)20-17-26-21(20)19-12-8-5-9-13-19/h4-13,20-21H,14-17H2,1-3H3/t20-,21-/m0/s1. The average Bonchev–Trinajstić information content (AvgIpc) is 2.61. The Morgan fingerprint density at radius 2 is 1.70 bits per heavy atom. The molecule has 0 aromatic heterocycles. The van der Waals surface area contributed by atoms with Crippen LogP contribution in [0, 0.1) is 0 Å². The maximum absolute atomic E-state index is 12.9. The first kappa shape index (κ1) is 19.6. The fourth-order valence-electron chi connectivity index (χ4n) is 3.12. The number of hydrogen-bond donors (Lipinski definition) is 0. The summed E-state index contributed by atoms with van der Waals surface area (Å²) < 4.78 is 11.5. The Kier molecular flexibility index (Phi) is 6.34. The third kappa shape index (κ3) is 5.43. The molecule has 0 saturated carbocycles. The first-order valence-corrected chi connectivity index (χ1v) is 13.3. The molecule has 144 valence electrons. The van der Waals surface area contributed by atoms with Crippen LogP contribution in [0.4, 0.5) is 4.79 Å². The van der Waals surface area contributed by atoms with Gasteiger partial charge in [-0.25, -0.2) is 4.79 Å². The van der Waals surface area contributed by atoms with Gasteiger partial charge in [0.1, 0.15) is 6.10 Å². The molecule has 1 aliphatic heterocycles. The van der Waals surface area contributed by atoms with E-state index in [0.29, 0.717) is 19.8 Å². The monoisotopic (exact) mass is 383 g/mol. The number of amides is 1. The first-order valence-electron chi connectivity index (χ1n) is 9.58. The second-order valence-corrected chi connectivity index (χ2v) is 13.9. The van der Waals surface area contributed by atoms with Crippen LogP contribution in [0.25, 0.3) is 0 Å². The predicted octanol–water partition coefficient (Wildman–Crippen LogP) is 5.10. The first-order chi connectivity index (χ1) is 12.9. The lowest BCUT2D eigenvalue weighted by Gasteiger charge is -2.43. The summed E-state index contributed by atoms with van der Waals surface area (Å²) >= 11 is 0. The molecule has 2 aromatic rings. The zero-order valence-corrected chi connectivity index (χ0v) is 17.4. The van der Waals surface area contributed by atoms with Crippen LogP contribution >= 0.6 is 0 Å². The van der Waals surface area contributed by atoms with Crippen molar-refractivity contribution in [2.45, 2.75) is 44.4 Å². The van der Waals surface area contributed by atoms with E-state index in [0.717, 1.165) is 17.2 Å². The number of rotatable bonds is 7. The van der Waals surface area contributed by atoms with Crippen molar-refractivity contribution >= 4 is 14.2 Å². The van der Waals surface area contributed by atoms with Crippen molar-refractivity contribution in [1.29, 1.82) is 0 Å². The van der Waals surface area contributed by atoms with Crippen LogP contribution < -0.4 is 0 Å². The molecular weight excluding hydrogens is 354 g/mol. The number of hydrogen-bond acceptors (Lipinski definition) is 3. The van der Waals surface area contributed by atoms with Crippen LogP contribution in [0.5, 0.6) is 0 Å². The largest absolute Gasteiger partial charge is 0.450 e. The second kappa shape index (κ2) is 8.72. The van der Waals surface area contributed by atoms with E-state index in [2.05, 4.69) is 19.6 Å². The molecular formula is C22H29NO3Si. The highest BCUT2D eigenvalue weighted by molar-refractivity contribution is 6.76. The van der Waals surface area contributed by atoms with Crippen molar-refractivity contribution in [3.05, 3.63) is 71.8 Å². The van der Waals surface area contributed by atoms with Crippen molar-refractivity contribution in [2.24, 2.45) is 0 Å². The minimum Gasteiger partial charge on any atom is -0.450 e. The van der Waals surface area contributed by atoms with E-state index in [9.17, 15) is 4.79 Å². The molecule has 0 aliphatic carbocycles. The van der Waals surface area contributed by atoms with Gasteiger partial charge in [-0.2, -0.15) is 0 Å². The molecule has 0 spiro atoms. The average molecular weight is 384 g/mol. The van der Waals surface area contributed by atoms with Gasteiger partial charge >= 0.3 is 6.09 Å². The molecule has 1 aliphatic rings. The topological polar surface area (TPSA) is 38.8 Å². The van der Waals surface area contributed by atoms with Crippen LogP contribution in [0.15, 0.2) is 60.7 Å². The van der Waals surface area contributed by atoms with E-state index in [-0.39, 0.29) is 18.2 Å². The third-order valence-electron chi connectivity index (χ3n) is 4.83. The summed E-state index contributed by atoms with van der Waals surface area (Å²) in [6.45, 7) is 8.41. The number of carbonyl (C=O) groups excluding carboxylic acids is 1. The Labute approximate surface area is 163 Å². The molecule has 0 unspecified atom stereocenters. The zero-order valence-electron chi connectivity index (χ0n) is 16.4. The molecule has 27 heavy (non-hydrogen) atoms. The Balaban J connectivity index is 1.72. The molecule has 2 aromatic carbocycles. The molecule has 0 bridgehead atoms. The van der Waals surface area contributed by atoms with Gasteiger partial charge < -0.3 is 9.47 Å². The van der Waals surface area contributed by atoms with Gasteiger partial charge in [0.2, 0.25) is 0 Å². The third-order valence-corrected chi connectivity index (χ3v) is 6.54. The molecule has 5 heteroatoms. The molecule has 0 radical (unpaired) electrons. The van der Waals surface area contributed by atoms with Crippen LogP contribution in [-0.4, -0.2) is 38.3 Å². The minimum absolute atomic E-state index is 0.00742. The Morgan fingerprint density at radius 1 is 1.07 bits per heavy atom. The summed E-state index contributed by atoms with van der Waals surface area (Å²) in [7, 11) is -1.24. The molecule has 1 amide bonds. The Bertz CT molecular complexity index is 730. The van der Waals surface area contributed by atoms with E-state index in [1.165, 1.54) is 0 Å². The quantitative estimate of drug-likeness (QED) is 0.624. The molecule has 2 atom stereocenters. The van der Waals surface area contributed by atoms with Gasteiger partial charge in [0.15, 0.2) is 0 Å². The lowest BCUT2D eigenvalue weighted by molar-refractivity contribution is -0.133. The van der Waals surface area contributed by atoms with Crippen molar-refractivity contribution < 1.29 is 14.3 Å².